The first kappa shape index (κ1) is 20.4. The predicted octanol–water partition coefficient (Wildman–Crippen LogP) is 3.47. The lowest BCUT2D eigenvalue weighted by molar-refractivity contribution is -0.128. The number of rotatable bonds is 9. The molecule has 0 aromatic heterocycles. The van der Waals surface area contributed by atoms with E-state index < -0.39 is 12.6 Å². The van der Waals surface area contributed by atoms with Crippen LogP contribution in [0.25, 0.3) is 6.08 Å². The average molecular weight is 351 g/mol. The normalized spacial score (nSPS) is 14.3. The average Bonchev–Trinajstić information content (AvgIpc) is 2.59. The van der Waals surface area contributed by atoms with E-state index in [1.54, 1.807) is 6.92 Å². The number of benzene rings is 1. The summed E-state index contributed by atoms with van der Waals surface area (Å²) in [5.74, 6) is -0.491. The second-order valence-corrected chi connectivity index (χ2v) is 8.21. The molecule has 0 aliphatic rings. The molecule has 0 saturated heterocycles. The number of carbonyl (C=O) groups is 2. The molecule has 0 aliphatic heterocycles. The van der Waals surface area contributed by atoms with Gasteiger partial charge in [-0.3, -0.25) is 9.59 Å². The highest BCUT2D eigenvalue weighted by Crippen LogP contribution is 2.59. The van der Waals surface area contributed by atoms with Crippen LogP contribution in [0.1, 0.15) is 32.3 Å². The summed E-state index contributed by atoms with van der Waals surface area (Å²) in [6.07, 6.45) is 8.25. The van der Waals surface area contributed by atoms with E-state index in [9.17, 15) is 9.59 Å². The van der Waals surface area contributed by atoms with E-state index in [0.29, 0.717) is 0 Å². The Morgan fingerprint density at radius 1 is 1.25 bits per heavy atom. The van der Waals surface area contributed by atoms with Gasteiger partial charge in [-0.05, 0) is 11.9 Å². The van der Waals surface area contributed by atoms with E-state index in [2.05, 4.69) is 11.6 Å². The molecule has 1 rings (SSSR count). The lowest BCUT2D eigenvalue weighted by Gasteiger charge is -2.41. The van der Waals surface area contributed by atoms with Gasteiger partial charge in [0.25, 0.3) is 0 Å². The first-order chi connectivity index (χ1) is 11.3. The Morgan fingerprint density at radius 3 is 2.29 bits per heavy atom. The minimum absolute atomic E-state index is 0.164. The van der Waals surface area contributed by atoms with E-state index in [0.717, 1.165) is 5.56 Å². The summed E-state index contributed by atoms with van der Waals surface area (Å²) in [7, 11) is -0.00461. The Kier molecular flexibility index (Phi) is 7.61. The van der Waals surface area contributed by atoms with Gasteiger partial charge in [-0.15, -0.1) is 0 Å². The maximum absolute atomic E-state index is 12.8. The number of ketones is 1. The molecule has 132 valence electrons. The van der Waals surface area contributed by atoms with Crippen molar-refractivity contribution in [2.75, 3.05) is 14.2 Å². The zero-order valence-electron chi connectivity index (χ0n) is 14.7. The predicted molar refractivity (Wildman–Crippen MR) is 100.0 cm³/mol. The van der Waals surface area contributed by atoms with Crippen LogP contribution in [0.5, 0.6) is 0 Å². The highest BCUT2D eigenvalue weighted by molar-refractivity contribution is 7.67. The van der Waals surface area contributed by atoms with Gasteiger partial charge in [0.05, 0.1) is 0 Å². The van der Waals surface area contributed by atoms with Crippen LogP contribution < -0.4 is 5.32 Å². The van der Waals surface area contributed by atoms with Crippen molar-refractivity contribution >= 4 is 31.4 Å². The van der Waals surface area contributed by atoms with Crippen LogP contribution in [0.3, 0.4) is 0 Å². The van der Waals surface area contributed by atoms with Crippen LogP contribution in [0, 0.1) is 0 Å². The largest absolute Gasteiger partial charge is 0.339 e. The molecule has 5 nitrogen and oxygen atoms in total. The number of nitrogens with one attached hydrogen (secondary N) is 1. The number of amides is 1. The SMILES string of the molecule is C=P(OC)(OC)[C@](C/C=C/c1ccccc1)(NC(C)=O)C(=O)CC. The molecule has 1 atom stereocenters. The maximum atomic E-state index is 12.8. The first-order valence-corrected chi connectivity index (χ1v) is 9.54. The molecule has 1 amide bonds. The fraction of sp³-hybridized carbons (Fsp3) is 0.389. The van der Waals surface area contributed by atoms with Crippen molar-refractivity contribution in [3.05, 3.63) is 42.0 Å². The van der Waals surface area contributed by atoms with E-state index in [-0.39, 0.29) is 24.5 Å². The van der Waals surface area contributed by atoms with Crippen molar-refractivity contribution in [2.24, 2.45) is 0 Å². The molecule has 0 saturated carbocycles. The molecule has 1 N–H and O–H groups in total. The lowest BCUT2D eigenvalue weighted by atomic mass is 10.0. The fourth-order valence-corrected chi connectivity index (χ4v) is 4.57. The highest BCUT2D eigenvalue weighted by Gasteiger charge is 2.49. The van der Waals surface area contributed by atoms with Crippen molar-refractivity contribution in [3.63, 3.8) is 0 Å². The molecule has 0 radical (unpaired) electrons. The lowest BCUT2D eigenvalue weighted by Crippen LogP contribution is -2.53. The van der Waals surface area contributed by atoms with Gasteiger partial charge >= 0.3 is 0 Å². The van der Waals surface area contributed by atoms with Gasteiger partial charge in [0.1, 0.15) is 7.34 Å². The van der Waals surface area contributed by atoms with Crippen LogP contribution in [-0.4, -0.2) is 37.5 Å². The summed E-state index contributed by atoms with van der Waals surface area (Å²) in [6, 6.07) is 9.71. The summed E-state index contributed by atoms with van der Waals surface area (Å²) >= 11 is 0. The fourth-order valence-electron chi connectivity index (χ4n) is 2.55. The van der Waals surface area contributed by atoms with Crippen LogP contribution in [0.4, 0.5) is 0 Å². The van der Waals surface area contributed by atoms with Crippen LogP contribution in [-0.2, 0) is 18.6 Å². The molecule has 6 heteroatoms. The molecular weight excluding hydrogens is 325 g/mol. The number of Topliss-reactive ketones (excluding diaryl/α,β-unsaturated/α-hetero) is 1. The van der Waals surface area contributed by atoms with E-state index in [1.807, 2.05) is 42.5 Å². The smallest absolute Gasteiger partial charge is 0.218 e. The third kappa shape index (κ3) is 4.44. The van der Waals surface area contributed by atoms with E-state index in [1.165, 1.54) is 21.1 Å². The summed E-state index contributed by atoms with van der Waals surface area (Å²) in [5, 5.41) is 1.47. The number of hydrogen-bond donors (Lipinski definition) is 1. The topological polar surface area (TPSA) is 64.6 Å². The summed E-state index contributed by atoms with van der Waals surface area (Å²) < 4.78 is 11.0. The van der Waals surface area contributed by atoms with Gasteiger partial charge in [-0.2, -0.15) is 0 Å². The minimum atomic E-state index is -2.90. The van der Waals surface area contributed by atoms with Crippen molar-refractivity contribution in [1.82, 2.24) is 5.32 Å². The minimum Gasteiger partial charge on any atom is -0.339 e. The molecule has 0 aliphatic carbocycles. The third-order valence-corrected chi connectivity index (χ3v) is 6.75. The number of carbonyl (C=O) groups excluding carboxylic acids is 2. The van der Waals surface area contributed by atoms with Gasteiger partial charge in [0.2, 0.25) is 5.91 Å². The molecule has 0 fully saturated rings. The van der Waals surface area contributed by atoms with Crippen molar-refractivity contribution < 1.29 is 18.6 Å². The molecular formula is C18H26NO4P. The second-order valence-electron chi connectivity index (χ2n) is 5.37. The van der Waals surface area contributed by atoms with Crippen LogP contribution >= 0.6 is 7.34 Å². The maximum Gasteiger partial charge on any atom is 0.218 e. The standard InChI is InChI=1S/C18H26NO4P/c1-6-17(21)18(19-15(2)20,24(5,22-3)23-4)14-10-13-16-11-8-7-9-12-16/h7-13H,5-6,14H2,1-4H3,(H,19,20)/b13-10+/t18-/m0/s1. The summed E-state index contributed by atoms with van der Waals surface area (Å²) in [4.78, 5) is 24.5. The second kappa shape index (κ2) is 8.97. The van der Waals surface area contributed by atoms with Crippen molar-refractivity contribution in [1.29, 1.82) is 0 Å². The Labute approximate surface area is 144 Å². The molecule has 0 heterocycles. The zero-order chi connectivity index (χ0) is 18.2. The molecule has 0 unspecified atom stereocenters. The first-order valence-electron chi connectivity index (χ1n) is 7.73. The molecule has 0 bridgehead atoms. The molecule has 1 aromatic rings. The Hall–Kier alpha value is -1.68. The molecule has 24 heavy (non-hydrogen) atoms. The highest BCUT2D eigenvalue weighted by atomic mass is 31.2. The van der Waals surface area contributed by atoms with Crippen LogP contribution in [0.15, 0.2) is 36.4 Å². The van der Waals surface area contributed by atoms with Gasteiger partial charge in [0.15, 0.2) is 11.1 Å². The Morgan fingerprint density at radius 2 is 1.83 bits per heavy atom. The van der Waals surface area contributed by atoms with Crippen LogP contribution in [0.2, 0.25) is 0 Å². The summed E-state index contributed by atoms with van der Waals surface area (Å²) in [6.45, 7) is 3.11. The Bertz CT molecular complexity index is 634. The monoisotopic (exact) mass is 351 g/mol. The Balaban J connectivity index is 3.29. The van der Waals surface area contributed by atoms with Crippen molar-refractivity contribution in [3.8, 4) is 0 Å². The van der Waals surface area contributed by atoms with Crippen molar-refractivity contribution in [2.45, 2.75) is 32.0 Å². The van der Waals surface area contributed by atoms with E-state index in [4.69, 9.17) is 9.05 Å². The van der Waals surface area contributed by atoms with Gasteiger partial charge in [-0.25, -0.2) is 0 Å². The van der Waals surface area contributed by atoms with Gasteiger partial charge < -0.3 is 14.4 Å². The quantitative estimate of drug-likeness (QED) is 0.692. The third-order valence-electron chi connectivity index (χ3n) is 3.86. The van der Waals surface area contributed by atoms with Gasteiger partial charge in [0, 0.05) is 34.0 Å². The zero-order valence-corrected chi connectivity index (χ0v) is 15.6. The summed E-state index contributed by atoms with van der Waals surface area (Å²) in [5.41, 5.74) is 1.00. The molecule has 1 aromatic carbocycles. The number of hydrogen-bond acceptors (Lipinski definition) is 4. The van der Waals surface area contributed by atoms with Gasteiger partial charge in [-0.1, -0.05) is 49.4 Å². The van der Waals surface area contributed by atoms with E-state index >= 15 is 0 Å². The molecule has 0 spiro atoms.